The van der Waals surface area contributed by atoms with Gasteiger partial charge in [-0.25, -0.2) is 14.6 Å². The zero-order chi connectivity index (χ0) is 13.4. The first-order valence-electron chi connectivity index (χ1n) is 5.86. The molecule has 1 heterocycles. The molecule has 0 radical (unpaired) electrons. The molecule has 1 aromatic rings. The number of nitrogens with one attached hydrogen (secondary N) is 2. The van der Waals surface area contributed by atoms with Crippen LogP contribution >= 0.6 is 0 Å². The normalized spacial score (nSPS) is 11.8. The predicted octanol–water partition coefficient (Wildman–Crippen LogP) is 0.436. The number of imidazole rings is 1. The number of carboxylic acid groups (broad SMARTS) is 1. The molecule has 0 spiro atoms. The number of carbonyl (C=O) groups is 2. The van der Waals surface area contributed by atoms with Crippen LogP contribution in [0.1, 0.15) is 19.8 Å². The van der Waals surface area contributed by atoms with Crippen molar-refractivity contribution in [1.29, 1.82) is 0 Å². The molecule has 0 fully saturated rings. The van der Waals surface area contributed by atoms with Gasteiger partial charge in [0.15, 0.2) is 0 Å². The zero-order valence-corrected chi connectivity index (χ0v) is 10.3. The van der Waals surface area contributed by atoms with E-state index in [1.807, 2.05) is 11.5 Å². The van der Waals surface area contributed by atoms with Crippen molar-refractivity contribution in [3.05, 3.63) is 18.7 Å². The van der Waals surface area contributed by atoms with E-state index in [9.17, 15) is 9.59 Å². The molecule has 1 rings (SSSR count). The first-order chi connectivity index (χ1) is 8.63. The molecule has 1 aromatic heterocycles. The van der Waals surface area contributed by atoms with E-state index in [0.29, 0.717) is 25.9 Å². The number of hydrogen-bond acceptors (Lipinski definition) is 3. The summed E-state index contributed by atoms with van der Waals surface area (Å²) in [5, 5.41) is 13.9. The molecule has 7 heteroatoms. The second-order valence-electron chi connectivity index (χ2n) is 3.88. The molecule has 0 aliphatic carbocycles. The van der Waals surface area contributed by atoms with E-state index < -0.39 is 18.0 Å². The Hall–Kier alpha value is -2.05. The van der Waals surface area contributed by atoms with E-state index in [0.717, 1.165) is 0 Å². The van der Waals surface area contributed by atoms with Gasteiger partial charge in [-0.15, -0.1) is 0 Å². The number of nitrogens with zero attached hydrogens (tertiary/aromatic N) is 2. The van der Waals surface area contributed by atoms with Crippen LogP contribution in [0.15, 0.2) is 18.7 Å². The highest BCUT2D eigenvalue weighted by molar-refractivity contribution is 5.82. The average molecular weight is 254 g/mol. The van der Waals surface area contributed by atoms with E-state index in [1.54, 1.807) is 18.7 Å². The Labute approximate surface area is 105 Å². The van der Waals surface area contributed by atoms with Crippen molar-refractivity contribution < 1.29 is 14.7 Å². The number of carboxylic acids is 1. The monoisotopic (exact) mass is 254 g/mol. The van der Waals surface area contributed by atoms with Gasteiger partial charge in [-0.2, -0.15) is 0 Å². The number of carbonyl (C=O) groups excluding carboxylic acids is 1. The van der Waals surface area contributed by atoms with Crippen LogP contribution in [0, 0.1) is 0 Å². The average Bonchev–Trinajstić information content (AvgIpc) is 2.81. The lowest BCUT2D eigenvalue weighted by molar-refractivity contribution is -0.139. The number of aromatic nitrogens is 2. The first kappa shape index (κ1) is 14.0. The van der Waals surface area contributed by atoms with Crippen LogP contribution in [0.3, 0.4) is 0 Å². The first-order valence-corrected chi connectivity index (χ1v) is 5.86. The second-order valence-corrected chi connectivity index (χ2v) is 3.88. The van der Waals surface area contributed by atoms with Crippen LogP contribution in [0.4, 0.5) is 4.79 Å². The van der Waals surface area contributed by atoms with E-state index in [1.165, 1.54) is 0 Å². The second kappa shape index (κ2) is 7.31. The van der Waals surface area contributed by atoms with Crippen molar-refractivity contribution >= 4 is 12.0 Å². The highest BCUT2D eigenvalue weighted by Gasteiger charge is 2.18. The summed E-state index contributed by atoms with van der Waals surface area (Å²) in [6.45, 7) is 2.88. The molecule has 18 heavy (non-hydrogen) atoms. The summed E-state index contributed by atoms with van der Waals surface area (Å²) in [5.41, 5.74) is 0. The minimum atomic E-state index is -1.01. The van der Waals surface area contributed by atoms with Gasteiger partial charge in [0, 0.05) is 25.5 Å². The molecule has 0 aliphatic heterocycles. The summed E-state index contributed by atoms with van der Waals surface area (Å²) < 4.78 is 1.82. The van der Waals surface area contributed by atoms with Gasteiger partial charge in [-0.1, -0.05) is 13.3 Å². The number of rotatable bonds is 7. The summed E-state index contributed by atoms with van der Waals surface area (Å²) in [4.78, 5) is 26.2. The van der Waals surface area contributed by atoms with Crippen LogP contribution in [0.25, 0.3) is 0 Å². The van der Waals surface area contributed by atoms with Gasteiger partial charge in [0.05, 0.1) is 6.33 Å². The fourth-order valence-electron chi connectivity index (χ4n) is 1.47. The molecule has 0 aromatic carbocycles. The largest absolute Gasteiger partial charge is 0.480 e. The van der Waals surface area contributed by atoms with Crippen molar-refractivity contribution in [2.24, 2.45) is 0 Å². The van der Waals surface area contributed by atoms with E-state index in [-0.39, 0.29) is 0 Å². The van der Waals surface area contributed by atoms with Gasteiger partial charge in [-0.05, 0) is 6.42 Å². The fourth-order valence-corrected chi connectivity index (χ4v) is 1.47. The van der Waals surface area contributed by atoms with Crippen molar-refractivity contribution in [1.82, 2.24) is 20.2 Å². The fraction of sp³-hybridized carbons (Fsp3) is 0.545. The summed E-state index contributed by atoms with van der Waals surface area (Å²) in [7, 11) is 0. The smallest absolute Gasteiger partial charge is 0.326 e. The minimum Gasteiger partial charge on any atom is -0.480 e. The maximum Gasteiger partial charge on any atom is 0.326 e. The van der Waals surface area contributed by atoms with Crippen LogP contribution in [0.5, 0.6) is 0 Å². The van der Waals surface area contributed by atoms with Gasteiger partial charge >= 0.3 is 12.0 Å². The Balaban J connectivity index is 2.25. The number of urea groups is 1. The Kier molecular flexibility index (Phi) is 5.69. The molecule has 0 saturated heterocycles. The number of aliphatic carboxylic acids is 1. The molecule has 7 nitrogen and oxygen atoms in total. The molecule has 0 saturated carbocycles. The van der Waals surface area contributed by atoms with E-state index >= 15 is 0 Å². The Morgan fingerprint density at radius 1 is 1.50 bits per heavy atom. The lowest BCUT2D eigenvalue weighted by Gasteiger charge is -2.14. The maximum atomic E-state index is 11.5. The van der Waals surface area contributed by atoms with E-state index in [4.69, 9.17) is 5.11 Å². The predicted molar refractivity (Wildman–Crippen MR) is 65.1 cm³/mol. The van der Waals surface area contributed by atoms with Crippen LogP contribution in [0.2, 0.25) is 0 Å². The molecule has 0 bridgehead atoms. The molecule has 100 valence electrons. The lowest BCUT2D eigenvalue weighted by Crippen LogP contribution is -2.46. The van der Waals surface area contributed by atoms with Gasteiger partial charge in [-0.3, -0.25) is 0 Å². The Morgan fingerprint density at radius 2 is 2.28 bits per heavy atom. The summed E-state index contributed by atoms with van der Waals surface area (Å²) in [6, 6.07) is -1.29. The van der Waals surface area contributed by atoms with Gasteiger partial charge in [0.1, 0.15) is 6.04 Å². The molecular weight excluding hydrogens is 236 g/mol. The van der Waals surface area contributed by atoms with Crippen LogP contribution in [-0.4, -0.2) is 39.2 Å². The van der Waals surface area contributed by atoms with Crippen molar-refractivity contribution in [3.8, 4) is 0 Å². The minimum absolute atomic E-state index is 0.417. The number of hydrogen-bond donors (Lipinski definition) is 3. The Morgan fingerprint density at radius 3 is 2.83 bits per heavy atom. The zero-order valence-electron chi connectivity index (χ0n) is 10.3. The molecule has 2 amide bonds. The standard InChI is InChI=1S/C11H18N4O3/c1-2-3-9(10(16)17)14-11(18)13-5-7-15-6-4-12-8-15/h4,6,8-9H,2-3,5,7H2,1H3,(H,16,17)(H2,13,14,18)/t9-/m1/s1. The topological polar surface area (TPSA) is 96.3 Å². The van der Waals surface area contributed by atoms with Crippen molar-refractivity contribution in [2.75, 3.05) is 6.54 Å². The maximum absolute atomic E-state index is 11.5. The van der Waals surface area contributed by atoms with Gasteiger partial charge in [0.25, 0.3) is 0 Å². The van der Waals surface area contributed by atoms with Crippen molar-refractivity contribution in [3.63, 3.8) is 0 Å². The third kappa shape index (κ3) is 4.86. The number of amides is 2. The summed E-state index contributed by atoms with van der Waals surface area (Å²) >= 11 is 0. The molecule has 1 atom stereocenters. The van der Waals surface area contributed by atoms with Crippen LogP contribution < -0.4 is 10.6 Å². The SMILES string of the molecule is CCC[C@@H](NC(=O)NCCn1ccnc1)C(=O)O. The van der Waals surface area contributed by atoms with Gasteiger partial charge < -0.3 is 20.3 Å². The molecular formula is C11H18N4O3. The highest BCUT2D eigenvalue weighted by atomic mass is 16.4. The molecule has 0 aliphatic rings. The highest BCUT2D eigenvalue weighted by Crippen LogP contribution is 1.96. The molecule has 3 N–H and O–H groups in total. The lowest BCUT2D eigenvalue weighted by atomic mass is 10.2. The quantitative estimate of drug-likeness (QED) is 0.657. The van der Waals surface area contributed by atoms with E-state index in [2.05, 4.69) is 15.6 Å². The van der Waals surface area contributed by atoms with Crippen molar-refractivity contribution in [2.45, 2.75) is 32.4 Å². The third-order valence-electron chi connectivity index (χ3n) is 2.40. The third-order valence-corrected chi connectivity index (χ3v) is 2.40. The Bertz CT molecular complexity index is 378. The van der Waals surface area contributed by atoms with Crippen LogP contribution in [-0.2, 0) is 11.3 Å². The summed E-state index contributed by atoms with van der Waals surface area (Å²) in [6.07, 6.45) is 6.21. The summed E-state index contributed by atoms with van der Waals surface area (Å²) in [5.74, 6) is -1.01. The van der Waals surface area contributed by atoms with Gasteiger partial charge in [0.2, 0.25) is 0 Å². The molecule has 0 unspecified atom stereocenters.